The largest absolute Gasteiger partial charge is 0.462 e. The summed E-state index contributed by atoms with van der Waals surface area (Å²) in [5, 5.41) is 0. The van der Waals surface area contributed by atoms with Gasteiger partial charge in [-0.15, -0.1) is 0 Å². The number of benzene rings is 2. The smallest absolute Gasteiger partial charge is 0.416 e. The topological polar surface area (TPSA) is 89.5 Å². The summed E-state index contributed by atoms with van der Waals surface area (Å²) < 4.78 is 71.3. The van der Waals surface area contributed by atoms with Crippen LogP contribution in [0.5, 0.6) is 0 Å². The zero-order valence-electron chi connectivity index (χ0n) is 20.1. The first-order chi connectivity index (χ1) is 17.5. The summed E-state index contributed by atoms with van der Waals surface area (Å²) in [5.41, 5.74) is -0.0996. The van der Waals surface area contributed by atoms with Crippen molar-refractivity contribution in [1.82, 2.24) is 14.3 Å². The molecule has 0 unspecified atom stereocenters. The van der Waals surface area contributed by atoms with Crippen molar-refractivity contribution in [2.24, 2.45) is 0 Å². The summed E-state index contributed by atoms with van der Waals surface area (Å²) in [6.07, 6.45) is -0.361. The van der Waals surface area contributed by atoms with Crippen LogP contribution >= 0.6 is 0 Å². The summed E-state index contributed by atoms with van der Waals surface area (Å²) in [4.78, 5) is 20.5. The lowest BCUT2D eigenvalue weighted by Gasteiger charge is -2.41. The standard InChI is InChI=1S/C26H26F3N3O4S/c1-2-36-24(33)19-17-30-23(31-18-19)16-25(20-6-4-3-5-7-20)12-14-32(15-13-25)37(34,35)22-10-8-21(9-11-22)26(27,28)29/h3-11,17-18H,2,12-16H2,1H3. The zero-order valence-corrected chi connectivity index (χ0v) is 20.9. The Hall–Kier alpha value is -3.31. The first-order valence-corrected chi connectivity index (χ1v) is 13.2. The number of carbonyl (C=O) groups is 1. The second kappa shape index (κ2) is 10.6. The van der Waals surface area contributed by atoms with Gasteiger partial charge >= 0.3 is 12.1 Å². The van der Waals surface area contributed by atoms with Crippen molar-refractivity contribution in [3.8, 4) is 0 Å². The third-order valence-electron chi connectivity index (χ3n) is 6.60. The molecule has 1 aliphatic heterocycles. The van der Waals surface area contributed by atoms with E-state index in [2.05, 4.69) is 9.97 Å². The van der Waals surface area contributed by atoms with Gasteiger partial charge in [0.25, 0.3) is 0 Å². The molecule has 1 aliphatic rings. The molecule has 0 radical (unpaired) electrons. The van der Waals surface area contributed by atoms with Crippen molar-refractivity contribution in [3.63, 3.8) is 0 Å². The maximum Gasteiger partial charge on any atom is 0.416 e. The lowest BCUT2D eigenvalue weighted by atomic mass is 9.70. The molecular formula is C26H26F3N3O4S. The molecule has 0 atom stereocenters. The van der Waals surface area contributed by atoms with E-state index in [1.165, 1.54) is 16.7 Å². The lowest BCUT2D eigenvalue weighted by Crippen LogP contribution is -2.46. The van der Waals surface area contributed by atoms with Gasteiger partial charge in [0.15, 0.2) is 0 Å². The summed E-state index contributed by atoms with van der Waals surface area (Å²) in [7, 11) is -3.97. The Bertz CT molecular complexity index is 1320. The van der Waals surface area contributed by atoms with Gasteiger partial charge in [-0.2, -0.15) is 17.5 Å². The molecule has 2 heterocycles. The third kappa shape index (κ3) is 5.83. The highest BCUT2D eigenvalue weighted by Gasteiger charge is 2.41. The van der Waals surface area contributed by atoms with E-state index < -0.39 is 33.1 Å². The molecule has 11 heteroatoms. The van der Waals surface area contributed by atoms with Gasteiger partial charge in [-0.05, 0) is 49.6 Å². The fraction of sp³-hybridized carbons (Fsp3) is 0.346. The monoisotopic (exact) mass is 533 g/mol. The molecule has 4 rings (SSSR count). The highest BCUT2D eigenvalue weighted by Crippen LogP contribution is 2.39. The molecule has 1 fully saturated rings. The summed E-state index contributed by atoms with van der Waals surface area (Å²) >= 11 is 0. The van der Waals surface area contributed by atoms with E-state index in [0.717, 1.165) is 29.8 Å². The van der Waals surface area contributed by atoms with E-state index in [9.17, 15) is 26.4 Å². The molecule has 1 aromatic heterocycles. The Morgan fingerprint density at radius 3 is 2.14 bits per heavy atom. The van der Waals surface area contributed by atoms with E-state index >= 15 is 0 Å². The Kier molecular flexibility index (Phi) is 7.65. The molecule has 7 nitrogen and oxygen atoms in total. The Labute approximate surface area is 213 Å². The lowest BCUT2D eigenvalue weighted by molar-refractivity contribution is -0.137. The van der Waals surface area contributed by atoms with Crippen LogP contribution < -0.4 is 0 Å². The molecule has 0 saturated carbocycles. The number of ether oxygens (including phenoxy) is 1. The van der Waals surface area contributed by atoms with Crippen molar-refractivity contribution in [2.75, 3.05) is 19.7 Å². The normalized spacial score (nSPS) is 16.3. The van der Waals surface area contributed by atoms with E-state index in [1.807, 2.05) is 30.3 Å². The molecule has 196 valence electrons. The number of piperidine rings is 1. The number of carbonyl (C=O) groups excluding carboxylic acids is 1. The predicted molar refractivity (Wildman–Crippen MR) is 129 cm³/mol. The van der Waals surface area contributed by atoms with Gasteiger partial charge in [-0.3, -0.25) is 0 Å². The van der Waals surface area contributed by atoms with Gasteiger partial charge in [-0.1, -0.05) is 30.3 Å². The number of rotatable bonds is 7. The highest BCUT2D eigenvalue weighted by molar-refractivity contribution is 7.89. The van der Waals surface area contributed by atoms with Crippen LogP contribution in [0.25, 0.3) is 0 Å². The van der Waals surface area contributed by atoms with Crippen LogP contribution in [0, 0.1) is 0 Å². The van der Waals surface area contributed by atoms with Gasteiger partial charge in [0.1, 0.15) is 5.82 Å². The maximum atomic E-state index is 13.2. The molecule has 3 aromatic rings. The average Bonchev–Trinajstić information content (AvgIpc) is 2.89. The molecular weight excluding hydrogens is 507 g/mol. The molecule has 0 amide bonds. The highest BCUT2D eigenvalue weighted by atomic mass is 32.2. The second-order valence-electron chi connectivity index (χ2n) is 8.86. The predicted octanol–water partition coefficient (Wildman–Crippen LogP) is 4.64. The molecule has 0 bridgehead atoms. The minimum absolute atomic E-state index is 0.175. The van der Waals surface area contributed by atoms with Crippen molar-refractivity contribution in [3.05, 3.63) is 89.5 Å². The number of hydrogen-bond acceptors (Lipinski definition) is 6. The number of hydrogen-bond donors (Lipinski definition) is 0. The van der Waals surface area contributed by atoms with Crippen LogP contribution in [-0.4, -0.2) is 48.4 Å². The van der Waals surface area contributed by atoms with Crippen molar-refractivity contribution < 1.29 is 31.1 Å². The molecule has 0 spiro atoms. The van der Waals surface area contributed by atoms with Crippen molar-refractivity contribution in [1.29, 1.82) is 0 Å². The number of halogens is 3. The van der Waals surface area contributed by atoms with Crippen molar-refractivity contribution >= 4 is 16.0 Å². The van der Waals surface area contributed by atoms with Gasteiger partial charge in [-0.25, -0.2) is 23.2 Å². The molecule has 1 saturated heterocycles. The minimum atomic E-state index is -4.54. The first-order valence-electron chi connectivity index (χ1n) is 11.8. The van der Waals surface area contributed by atoms with Crippen molar-refractivity contribution in [2.45, 2.75) is 42.7 Å². The Morgan fingerprint density at radius 2 is 1.59 bits per heavy atom. The fourth-order valence-corrected chi connectivity index (χ4v) is 5.99. The number of nitrogens with zero attached hydrogens (tertiary/aromatic N) is 3. The molecule has 0 N–H and O–H groups in total. The second-order valence-corrected chi connectivity index (χ2v) is 10.8. The number of esters is 1. The Morgan fingerprint density at radius 1 is 1.00 bits per heavy atom. The van der Waals surface area contributed by atoms with E-state index in [1.54, 1.807) is 6.92 Å². The Balaban J connectivity index is 1.55. The van der Waals surface area contributed by atoms with Crippen LogP contribution in [0.15, 0.2) is 71.9 Å². The molecule has 37 heavy (non-hydrogen) atoms. The van der Waals surface area contributed by atoms with Gasteiger partial charge < -0.3 is 4.74 Å². The van der Waals surface area contributed by atoms with E-state index in [0.29, 0.717) is 25.1 Å². The minimum Gasteiger partial charge on any atom is -0.462 e. The SMILES string of the molecule is CCOC(=O)c1cnc(CC2(c3ccccc3)CCN(S(=O)(=O)c3ccc(C(F)(F)F)cc3)CC2)nc1. The van der Waals surface area contributed by atoms with Gasteiger partial charge in [0, 0.05) is 37.3 Å². The number of aromatic nitrogens is 2. The van der Waals surface area contributed by atoms with Crippen LogP contribution in [0.1, 0.15) is 47.1 Å². The zero-order chi connectivity index (χ0) is 26.7. The summed E-state index contributed by atoms with van der Waals surface area (Å²) in [6.45, 7) is 2.31. The molecule has 0 aliphatic carbocycles. The van der Waals surface area contributed by atoms with Crippen LogP contribution in [-0.2, 0) is 32.8 Å². The van der Waals surface area contributed by atoms with Gasteiger partial charge in [0.05, 0.1) is 22.6 Å². The van der Waals surface area contributed by atoms with Crippen LogP contribution in [0.3, 0.4) is 0 Å². The van der Waals surface area contributed by atoms with Gasteiger partial charge in [0.2, 0.25) is 10.0 Å². The summed E-state index contributed by atoms with van der Waals surface area (Å²) in [6, 6.07) is 13.2. The molecule has 2 aromatic carbocycles. The van der Waals surface area contributed by atoms with E-state index in [4.69, 9.17) is 4.74 Å². The summed E-state index contributed by atoms with van der Waals surface area (Å²) in [5.74, 6) is 0.00421. The first kappa shape index (κ1) is 26.7. The van der Waals surface area contributed by atoms with Crippen LogP contribution in [0.2, 0.25) is 0 Å². The number of sulfonamides is 1. The third-order valence-corrected chi connectivity index (χ3v) is 8.51. The van der Waals surface area contributed by atoms with Crippen LogP contribution in [0.4, 0.5) is 13.2 Å². The number of alkyl halides is 3. The van der Waals surface area contributed by atoms with E-state index in [-0.39, 0.29) is 30.2 Å². The maximum absolute atomic E-state index is 13.2. The fourth-order valence-electron chi connectivity index (χ4n) is 4.55. The average molecular weight is 534 g/mol. The quantitative estimate of drug-likeness (QED) is 0.411.